The Balaban J connectivity index is 1.83. The summed E-state index contributed by atoms with van der Waals surface area (Å²) in [7, 11) is 0. The first-order valence-electron chi connectivity index (χ1n) is 9.85. The van der Waals surface area contributed by atoms with Gasteiger partial charge in [0.1, 0.15) is 0 Å². The Bertz CT molecular complexity index is 393. The van der Waals surface area contributed by atoms with Crippen molar-refractivity contribution in [2.24, 2.45) is 11.8 Å². The molecule has 0 aromatic heterocycles. The van der Waals surface area contributed by atoms with E-state index in [0.29, 0.717) is 23.8 Å². The van der Waals surface area contributed by atoms with E-state index < -0.39 is 0 Å². The molecule has 130 valence electrons. The molecular weight excluding hydrogens is 282 g/mol. The van der Waals surface area contributed by atoms with Crippen molar-refractivity contribution in [3.63, 3.8) is 0 Å². The van der Waals surface area contributed by atoms with Crippen LogP contribution in [-0.2, 0) is 4.79 Å². The molecule has 23 heavy (non-hydrogen) atoms. The van der Waals surface area contributed by atoms with Crippen molar-refractivity contribution in [2.75, 3.05) is 0 Å². The Morgan fingerprint density at radius 1 is 0.870 bits per heavy atom. The Morgan fingerprint density at radius 3 is 2.17 bits per heavy atom. The molecule has 2 nitrogen and oxygen atoms in total. The average Bonchev–Trinajstić information content (AvgIpc) is 2.54. The smallest absolute Gasteiger partial charge is 0.220 e. The lowest BCUT2D eigenvalue weighted by Gasteiger charge is -2.26. The minimum absolute atomic E-state index is 0.292. The number of nitrogens with one attached hydrogen (secondary N) is 1. The van der Waals surface area contributed by atoms with Crippen molar-refractivity contribution < 1.29 is 4.79 Å². The highest BCUT2D eigenvalue weighted by Crippen LogP contribution is 2.27. The minimum Gasteiger partial charge on any atom is -0.353 e. The number of amides is 1. The summed E-state index contributed by atoms with van der Waals surface area (Å²) in [5.41, 5.74) is 0. The second kappa shape index (κ2) is 10.7. The van der Waals surface area contributed by atoms with Crippen LogP contribution in [0.2, 0.25) is 0 Å². The number of hydrogen-bond acceptors (Lipinski definition) is 1. The third kappa shape index (κ3) is 7.37. The Morgan fingerprint density at radius 2 is 1.48 bits per heavy atom. The van der Waals surface area contributed by atoms with Crippen molar-refractivity contribution >= 4 is 5.91 Å². The molecule has 0 aromatic carbocycles. The monoisotopic (exact) mass is 317 g/mol. The van der Waals surface area contributed by atoms with Gasteiger partial charge in [0.25, 0.3) is 0 Å². The second-order valence-electron chi connectivity index (χ2n) is 7.52. The van der Waals surface area contributed by atoms with E-state index in [2.05, 4.69) is 36.5 Å². The zero-order chi connectivity index (χ0) is 16.3. The molecule has 1 amide bonds. The number of hydrogen-bond donors (Lipinski definition) is 1. The molecule has 0 spiro atoms. The van der Waals surface area contributed by atoms with E-state index in [1.165, 1.54) is 38.5 Å². The zero-order valence-corrected chi connectivity index (χ0v) is 14.9. The second-order valence-corrected chi connectivity index (χ2v) is 7.52. The minimum atomic E-state index is 0.292. The van der Waals surface area contributed by atoms with Gasteiger partial charge in [-0.15, -0.1) is 0 Å². The van der Waals surface area contributed by atoms with Crippen LogP contribution in [0.15, 0.2) is 24.3 Å². The van der Waals surface area contributed by atoms with E-state index in [4.69, 9.17) is 0 Å². The van der Waals surface area contributed by atoms with Crippen LogP contribution in [0.1, 0.15) is 84.0 Å². The van der Waals surface area contributed by atoms with Crippen LogP contribution in [-0.4, -0.2) is 11.9 Å². The molecule has 1 N–H and O–H groups in total. The summed E-state index contributed by atoms with van der Waals surface area (Å²) >= 11 is 0. The largest absolute Gasteiger partial charge is 0.353 e. The molecular formula is C21H35NO. The number of allylic oxidation sites excluding steroid dienone is 4. The fourth-order valence-electron chi connectivity index (χ4n) is 3.93. The Labute approximate surface area is 142 Å². The lowest BCUT2D eigenvalue weighted by atomic mass is 9.83. The van der Waals surface area contributed by atoms with Crippen molar-refractivity contribution in [3.05, 3.63) is 24.3 Å². The van der Waals surface area contributed by atoms with Gasteiger partial charge in [-0.25, -0.2) is 0 Å². The van der Waals surface area contributed by atoms with Crippen LogP contribution < -0.4 is 5.32 Å². The fourth-order valence-corrected chi connectivity index (χ4v) is 3.93. The molecule has 2 rings (SSSR count). The molecule has 2 aliphatic carbocycles. The normalized spacial score (nSPS) is 27.9. The fraction of sp³-hybridized carbons (Fsp3) is 0.762. The van der Waals surface area contributed by atoms with E-state index >= 15 is 0 Å². The van der Waals surface area contributed by atoms with Crippen molar-refractivity contribution in [1.82, 2.24) is 5.32 Å². The first-order valence-corrected chi connectivity index (χ1v) is 9.85. The molecule has 0 radical (unpaired) electrons. The third-order valence-corrected chi connectivity index (χ3v) is 5.55. The maximum atomic E-state index is 12.5. The number of carbonyl (C=O) groups is 1. The first kappa shape index (κ1) is 18.3. The van der Waals surface area contributed by atoms with Gasteiger partial charge in [0.2, 0.25) is 5.91 Å². The predicted molar refractivity (Wildman–Crippen MR) is 98.3 cm³/mol. The standard InChI is InChI=1S/C21H35NO/c1-18-13-9-6-4-2-3-5-7-10-14-19(18)17-21(23)22-20-15-11-8-12-16-20/h4-7,18-20H,2-3,8-17H2,1H3,(H,22,23). The Kier molecular flexibility index (Phi) is 8.49. The van der Waals surface area contributed by atoms with E-state index in [0.717, 1.165) is 38.5 Å². The summed E-state index contributed by atoms with van der Waals surface area (Å²) < 4.78 is 0. The van der Waals surface area contributed by atoms with Gasteiger partial charge in [-0.3, -0.25) is 4.79 Å². The van der Waals surface area contributed by atoms with Gasteiger partial charge in [-0.05, 0) is 63.2 Å². The van der Waals surface area contributed by atoms with Crippen LogP contribution in [0.5, 0.6) is 0 Å². The summed E-state index contributed by atoms with van der Waals surface area (Å²) in [5, 5.41) is 3.30. The molecule has 0 bridgehead atoms. The zero-order valence-electron chi connectivity index (χ0n) is 14.9. The van der Waals surface area contributed by atoms with Gasteiger partial charge in [-0.2, -0.15) is 0 Å². The summed E-state index contributed by atoms with van der Waals surface area (Å²) in [5.74, 6) is 1.45. The summed E-state index contributed by atoms with van der Waals surface area (Å²) in [6, 6.07) is 0.445. The quantitative estimate of drug-likeness (QED) is 0.680. The van der Waals surface area contributed by atoms with Gasteiger partial charge >= 0.3 is 0 Å². The molecule has 0 heterocycles. The molecule has 2 atom stereocenters. The lowest BCUT2D eigenvalue weighted by Crippen LogP contribution is -2.37. The summed E-state index contributed by atoms with van der Waals surface area (Å²) in [6.45, 7) is 2.34. The molecule has 0 saturated heterocycles. The molecule has 0 aliphatic heterocycles. The maximum Gasteiger partial charge on any atom is 0.220 e. The van der Waals surface area contributed by atoms with Gasteiger partial charge in [0, 0.05) is 12.5 Å². The molecule has 1 saturated carbocycles. The molecule has 2 aliphatic rings. The highest BCUT2D eigenvalue weighted by Gasteiger charge is 2.22. The van der Waals surface area contributed by atoms with Crippen LogP contribution in [0, 0.1) is 11.8 Å². The SMILES string of the molecule is CC1CCC=CCCC=CCCC1CC(=O)NC1CCCCC1. The van der Waals surface area contributed by atoms with Gasteiger partial charge in [0.05, 0.1) is 0 Å². The molecule has 2 heteroatoms. The van der Waals surface area contributed by atoms with Crippen molar-refractivity contribution in [1.29, 1.82) is 0 Å². The van der Waals surface area contributed by atoms with E-state index in [-0.39, 0.29) is 0 Å². The predicted octanol–water partition coefficient (Wildman–Crippen LogP) is 5.54. The highest BCUT2D eigenvalue weighted by atomic mass is 16.1. The third-order valence-electron chi connectivity index (χ3n) is 5.55. The van der Waals surface area contributed by atoms with Gasteiger partial charge < -0.3 is 5.32 Å². The number of rotatable bonds is 3. The Hall–Kier alpha value is -1.05. The maximum absolute atomic E-state index is 12.5. The number of carbonyl (C=O) groups excluding carboxylic acids is 1. The topological polar surface area (TPSA) is 29.1 Å². The molecule has 1 fully saturated rings. The van der Waals surface area contributed by atoms with Crippen LogP contribution in [0.25, 0.3) is 0 Å². The van der Waals surface area contributed by atoms with Crippen LogP contribution in [0.4, 0.5) is 0 Å². The van der Waals surface area contributed by atoms with E-state index in [9.17, 15) is 4.79 Å². The molecule has 2 unspecified atom stereocenters. The first-order chi connectivity index (χ1) is 11.3. The average molecular weight is 318 g/mol. The lowest BCUT2D eigenvalue weighted by molar-refractivity contribution is -0.123. The van der Waals surface area contributed by atoms with E-state index in [1.54, 1.807) is 0 Å². The van der Waals surface area contributed by atoms with Gasteiger partial charge in [0.15, 0.2) is 0 Å². The van der Waals surface area contributed by atoms with Crippen molar-refractivity contribution in [2.45, 2.75) is 90.0 Å². The van der Waals surface area contributed by atoms with Crippen molar-refractivity contribution in [3.8, 4) is 0 Å². The summed E-state index contributed by atoms with van der Waals surface area (Å²) in [6.07, 6.45) is 23.2. The highest BCUT2D eigenvalue weighted by molar-refractivity contribution is 5.76. The molecule has 0 aromatic rings. The van der Waals surface area contributed by atoms with Gasteiger partial charge in [-0.1, -0.05) is 50.5 Å². The van der Waals surface area contributed by atoms with Crippen LogP contribution >= 0.6 is 0 Å². The van der Waals surface area contributed by atoms with E-state index in [1.807, 2.05) is 0 Å². The summed E-state index contributed by atoms with van der Waals surface area (Å²) in [4.78, 5) is 12.5. The van der Waals surface area contributed by atoms with Crippen LogP contribution in [0.3, 0.4) is 0 Å².